The highest BCUT2D eigenvalue weighted by Gasteiger charge is 2.18. The molecule has 0 atom stereocenters. The summed E-state index contributed by atoms with van der Waals surface area (Å²) in [5.74, 6) is -1.02. The van der Waals surface area contributed by atoms with Crippen molar-refractivity contribution in [3.8, 4) is 11.1 Å². The van der Waals surface area contributed by atoms with Gasteiger partial charge in [-0.05, 0) is 31.6 Å². The Bertz CT molecular complexity index is 992. The van der Waals surface area contributed by atoms with Crippen molar-refractivity contribution in [3.63, 3.8) is 0 Å². The number of ether oxygens (including phenoxy) is 1. The van der Waals surface area contributed by atoms with Gasteiger partial charge in [-0.3, -0.25) is 4.98 Å². The molecule has 26 heavy (non-hydrogen) atoms. The van der Waals surface area contributed by atoms with Gasteiger partial charge in [0, 0.05) is 54.2 Å². The van der Waals surface area contributed by atoms with Crippen molar-refractivity contribution in [3.05, 3.63) is 47.6 Å². The van der Waals surface area contributed by atoms with E-state index >= 15 is 0 Å². The van der Waals surface area contributed by atoms with Crippen LogP contribution in [0.15, 0.2) is 30.7 Å². The highest BCUT2D eigenvalue weighted by atomic mass is 16.5. The lowest BCUT2D eigenvalue weighted by atomic mass is 9.96. The molecule has 0 radical (unpaired) electrons. The van der Waals surface area contributed by atoms with E-state index in [2.05, 4.69) is 10.1 Å². The van der Waals surface area contributed by atoms with Crippen LogP contribution < -0.4 is 0 Å². The van der Waals surface area contributed by atoms with Crippen LogP contribution in [0.5, 0.6) is 0 Å². The lowest BCUT2D eigenvalue weighted by Crippen LogP contribution is -2.04. The van der Waals surface area contributed by atoms with Crippen LogP contribution in [0.2, 0.25) is 0 Å². The van der Waals surface area contributed by atoms with Crippen LogP contribution in [-0.4, -0.2) is 37.9 Å². The van der Waals surface area contributed by atoms with E-state index in [1.807, 2.05) is 24.6 Å². The highest BCUT2D eigenvalue weighted by Crippen LogP contribution is 2.34. The number of pyridine rings is 2. The Morgan fingerprint density at radius 3 is 2.81 bits per heavy atom. The van der Waals surface area contributed by atoms with E-state index in [1.54, 1.807) is 31.8 Å². The first-order chi connectivity index (χ1) is 12.5. The maximum Gasteiger partial charge on any atom is 0.328 e. The molecular weight excluding hydrogens is 332 g/mol. The van der Waals surface area contributed by atoms with Gasteiger partial charge in [0.1, 0.15) is 0 Å². The second kappa shape index (κ2) is 7.45. The lowest BCUT2D eigenvalue weighted by Gasteiger charge is -2.14. The maximum atomic E-state index is 11.1. The lowest BCUT2D eigenvalue weighted by molar-refractivity contribution is -0.131. The Morgan fingerprint density at radius 2 is 2.15 bits per heavy atom. The van der Waals surface area contributed by atoms with Gasteiger partial charge in [0.05, 0.1) is 18.5 Å². The van der Waals surface area contributed by atoms with E-state index < -0.39 is 5.97 Å². The summed E-state index contributed by atoms with van der Waals surface area (Å²) in [7, 11) is 1.58. The Morgan fingerprint density at radius 1 is 1.35 bits per heavy atom. The van der Waals surface area contributed by atoms with Crippen LogP contribution in [0.3, 0.4) is 0 Å². The molecule has 7 nitrogen and oxygen atoms in total. The molecular formula is C19H20N4O3. The standard InChI is InChI=1S/C19H20N4O3/c1-4-23-19-15(10-21-23)18(13-7-12(2)8-20-9-13)14(5-6-17(24)25)16(22-19)11-26-3/h5-10H,4,11H2,1-3H3,(H,24,25)/b6-5+. The Labute approximate surface area is 151 Å². The van der Waals surface area contributed by atoms with E-state index in [0.29, 0.717) is 17.8 Å². The minimum Gasteiger partial charge on any atom is -0.478 e. The monoisotopic (exact) mass is 352 g/mol. The quantitative estimate of drug-likeness (QED) is 0.686. The highest BCUT2D eigenvalue weighted by molar-refractivity contribution is 5.99. The van der Waals surface area contributed by atoms with Gasteiger partial charge >= 0.3 is 5.97 Å². The summed E-state index contributed by atoms with van der Waals surface area (Å²) in [6.45, 7) is 4.90. The number of rotatable bonds is 6. The molecule has 0 amide bonds. The van der Waals surface area contributed by atoms with Crippen molar-refractivity contribution >= 4 is 23.1 Å². The molecule has 0 aromatic carbocycles. The molecule has 134 valence electrons. The van der Waals surface area contributed by atoms with Crippen LogP contribution in [0.1, 0.15) is 23.7 Å². The number of aromatic nitrogens is 4. The zero-order chi connectivity index (χ0) is 18.7. The average molecular weight is 352 g/mol. The zero-order valence-electron chi connectivity index (χ0n) is 14.9. The normalized spacial score (nSPS) is 11.5. The fourth-order valence-corrected chi connectivity index (χ4v) is 2.97. The number of fused-ring (bicyclic) bond motifs is 1. The third-order valence-corrected chi connectivity index (χ3v) is 4.04. The predicted octanol–water partition coefficient (Wildman–Crippen LogP) is 3.07. The third kappa shape index (κ3) is 3.34. The summed E-state index contributed by atoms with van der Waals surface area (Å²) < 4.78 is 7.11. The Kier molecular flexibility index (Phi) is 5.09. The van der Waals surface area contributed by atoms with E-state index in [0.717, 1.165) is 33.8 Å². The number of hydrogen-bond acceptors (Lipinski definition) is 5. The number of carboxylic acid groups (broad SMARTS) is 1. The minimum atomic E-state index is -1.02. The molecule has 0 saturated carbocycles. The molecule has 3 aromatic heterocycles. The SMILES string of the molecule is CCn1ncc2c(-c3cncc(C)c3)c(/C=C/C(=O)O)c(COC)nc21. The molecule has 0 unspecified atom stereocenters. The fourth-order valence-electron chi connectivity index (χ4n) is 2.97. The van der Waals surface area contributed by atoms with Crippen LogP contribution in [-0.2, 0) is 22.7 Å². The number of methoxy groups -OCH3 is 1. The molecule has 0 fully saturated rings. The van der Waals surface area contributed by atoms with Crippen molar-refractivity contribution < 1.29 is 14.6 Å². The summed E-state index contributed by atoms with van der Waals surface area (Å²) in [5.41, 5.74) is 4.85. The summed E-state index contributed by atoms with van der Waals surface area (Å²) in [4.78, 5) is 20.1. The van der Waals surface area contributed by atoms with Crippen molar-refractivity contribution in [2.24, 2.45) is 0 Å². The average Bonchev–Trinajstić information content (AvgIpc) is 3.02. The van der Waals surface area contributed by atoms with Crippen molar-refractivity contribution in [2.75, 3.05) is 7.11 Å². The van der Waals surface area contributed by atoms with Gasteiger partial charge in [0.25, 0.3) is 0 Å². The summed E-state index contributed by atoms with van der Waals surface area (Å²) in [5, 5.41) is 14.4. The summed E-state index contributed by atoms with van der Waals surface area (Å²) in [6, 6.07) is 2.01. The molecule has 3 rings (SSSR count). The van der Waals surface area contributed by atoms with Gasteiger partial charge in [0.15, 0.2) is 5.65 Å². The van der Waals surface area contributed by atoms with Gasteiger partial charge in [-0.25, -0.2) is 14.5 Å². The van der Waals surface area contributed by atoms with Crippen molar-refractivity contribution in [1.29, 1.82) is 0 Å². The first-order valence-corrected chi connectivity index (χ1v) is 8.25. The third-order valence-electron chi connectivity index (χ3n) is 4.04. The van der Waals surface area contributed by atoms with Crippen molar-refractivity contribution in [1.82, 2.24) is 19.7 Å². The first kappa shape index (κ1) is 17.8. The Hall–Kier alpha value is -3.06. The molecule has 3 aromatic rings. The second-order valence-electron chi connectivity index (χ2n) is 5.90. The molecule has 0 aliphatic rings. The van der Waals surface area contributed by atoms with E-state index in [9.17, 15) is 4.79 Å². The number of carbonyl (C=O) groups is 1. The number of nitrogens with zero attached hydrogens (tertiary/aromatic N) is 4. The molecule has 0 aliphatic heterocycles. The molecule has 0 bridgehead atoms. The number of aliphatic carboxylic acids is 1. The zero-order valence-corrected chi connectivity index (χ0v) is 14.9. The van der Waals surface area contributed by atoms with Gasteiger partial charge in [0.2, 0.25) is 0 Å². The topological polar surface area (TPSA) is 90.1 Å². The maximum absolute atomic E-state index is 11.1. The van der Waals surface area contributed by atoms with Crippen LogP contribution >= 0.6 is 0 Å². The second-order valence-corrected chi connectivity index (χ2v) is 5.90. The fraction of sp³-hybridized carbons (Fsp3) is 0.263. The van der Waals surface area contributed by atoms with Gasteiger partial charge < -0.3 is 9.84 Å². The number of hydrogen-bond donors (Lipinski definition) is 1. The molecule has 0 spiro atoms. The Balaban J connectivity index is 2.40. The van der Waals surface area contributed by atoms with E-state index in [-0.39, 0.29) is 6.61 Å². The first-order valence-electron chi connectivity index (χ1n) is 8.25. The molecule has 0 aliphatic carbocycles. The molecule has 7 heteroatoms. The van der Waals surface area contributed by atoms with Gasteiger partial charge in [-0.2, -0.15) is 5.10 Å². The molecule has 1 N–H and O–H groups in total. The molecule has 0 saturated heterocycles. The minimum absolute atomic E-state index is 0.260. The predicted molar refractivity (Wildman–Crippen MR) is 98.6 cm³/mol. The van der Waals surface area contributed by atoms with Gasteiger partial charge in [-0.15, -0.1) is 0 Å². The summed E-state index contributed by atoms with van der Waals surface area (Å²) >= 11 is 0. The van der Waals surface area contributed by atoms with Gasteiger partial charge in [-0.1, -0.05) is 0 Å². The van der Waals surface area contributed by atoms with Crippen molar-refractivity contribution in [2.45, 2.75) is 27.0 Å². The van der Waals surface area contributed by atoms with E-state index in [1.165, 1.54) is 0 Å². The van der Waals surface area contributed by atoms with Crippen LogP contribution in [0.4, 0.5) is 0 Å². The molecule has 3 heterocycles. The van der Waals surface area contributed by atoms with E-state index in [4.69, 9.17) is 14.8 Å². The smallest absolute Gasteiger partial charge is 0.328 e. The largest absolute Gasteiger partial charge is 0.478 e. The van der Waals surface area contributed by atoms with Crippen LogP contribution in [0, 0.1) is 6.92 Å². The number of aryl methyl sites for hydroxylation is 2. The van der Waals surface area contributed by atoms with Crippen LogP contribution in [0.25, 0.3) is 28.2 Å². The number of carboxylic acids is 1. The summed E-state index contributed by atoms with van der Waals surface area (Å²) in [6.07, 6.45) is 7.97.